The highest BCUT2D eigenvalue weighted by molar-refractivity contribution is 7.89. The standard InChI is InChI=1S/C24H30F3N3O3S/c1-6-34(32,33)29-21-19(30(14-24(21,26)27)22(31)23(3,4)5)13-16-8-7-9-17(20(16)25)18-12-15(2)10-11-28-18/h7-12,19,21,29H,6,13-14H2,1-5H3/t19-,21+/m0/s1. The number of benzene rings is 1. The molecule has 2 heterocycles. The number of hydrogen-bond donors (Lipinski definition) is 1. The Labute approximate surface area is 198 Å². The molecule has 1 N–H and O–H groups in total. The molecule has 0 saturated carbocycles. The molecule has 2 aromatic rings. The van der Waals surface area contributed by atoms with Gasteiger partial charge in [0, 0.05) is 17.2 Å². The Morgan fingerprint density at radius 3 is 2.53 bits per heavy atom. The van der Waals surface area contributed by atoms with Crippen LogP contribution in [0.4, 0.5) is 13.2 Å². The summed E-state index contributed by atoms with van der Waals surface area (Å²) in [7, 11) is -4.02. The Morgan fingerprint density at radius 2 is 1.94 bits per heavy atom. The van der Waals surface area contributed by atoms with E-state index in [2.05, 4.69) is 9.71 Å². The lowest BCUT2D eigenvalue weighted by Crippen LogP contribution is -2.53. The number of nitrogens with zero attached hydrogens (tertiary/aromatic N) is 2. The van der Waals surface area contributed by atoms with Crippen LogP contribution >= 0.6 is 0 Å². The highest BCUT2D eigenvalue weighted by Gasteiger charge is 2.58. The van der Waals surface area contributed by atoms with E-state index in [0.29, 0.717) is 5.69 Å². The molecule has 0 aliphatic carbocycles. The zero-order chi connectivity index (χ0) is 25.5. The lowest BCUT2D eigenvalue weighted by molar-refractivity contribution is -0.141. The SMILES string of the molecule is CCS(=O)(=O)N[C@@H]1[C@H](Cc2cccc(-c3cc(C)ccn3)c2F)N(C(=O)C(C)(C)C)CC1(F)F. The topological polar surface area (TPSA) is 79.4 Å². The molecule has 0 spiro atoms. The van der Waals surface area contributed by atoms with Crippen LogP contribution in [0.5, 0.6) is 0 Å². The van der Waals surface area contributed by atoms with Crippen molar-refractivity contribution in [2.24, 2.45) is 5.41 Å². The van der Waals surface area contributed by atoms with Crippen molar-refractivity contribution in [1.29, 1.82) is 0 Å². The van der Waals surface area contributed by atoms with Gasteiger partial charge in [-0.15, -0.1) is 0 Å². The molecule has 0 unspecified atom stereocenters. The molecule has 1 aromatic carbocycles. The summed E-state index contributed by atoms with van der Waals surface area (Å²) in [5.41, 5.74) is 0.572. The molecule has 6 nitrogen and oxygen atoms in total. The first-order valence-corrected chi connectivity index (χ1v) is 12.7. The quantitative estimate of drug-likeness (QED) is 0.656. The average Bonchev–Trinajstić information content (AvgIpc) is 2.98. The predicted octanol–water partition coefficient (Wildman–Crippen LogP) is 3.94. The second kappa shape index (κ2) is 9.30. The molecule has 1 aliphatic heterocycles. The number of rotatable bonds is 6. The van der Waals surface area contributed by atoms with Crippen molar-refractivity contribution in [3.63, 3.8) is 0 Å². The van der Waals surface area contributed by atoms with Crippen molar-refractivity contribution >= 4 is 15.9 Å². The zero-order valence-corrected chi connectivity index (χ0v) is 20.7. The van der Waals surface area contributed by atoms with Crippen molar-refractivity contribution in [3.05, 3.63) is 53.5 Å². The number of nitrogens with one attached hydrogen (secondary N) is 1. The summed E-state index contributed by atoms with van der Waals surface area (Å²) in [6.07, 6.45) is 1.26. The van der Waals surface area contributed by atoms with Gasteiger partial charge >= 0.3 is 0 Å². The number of aromatic nitrogens is 1. The maximum Gasteiger partial charge on any atom is 0.283 e. The summed E-state index contributed by atoms with van der Waals surface area (Å²) in [6, 6.07) is 4.90. The molecule has 2 atom stereocenters. The van der Waals surface area contributed by atoms with E-state index < -0.39 is 57.5 Å². The minimum Gasteiger partial charge on any atom is -0.331 e. The fraction of sp³-hybridized carbons (Fsp3) is 0.500. The molecule has 186 valence electrons. The van der Waals surface area contributed by atoms with Crippen molar-refractivity contribution in [1.82, 2.24) is 14.6 Å². The third-order valence-electron chi connectivity index (χ3n) is 5.91. The monoisotopic (exact) mass is 497 g/mol. The zero-order valence-electron chi connectivity index (χ0n) is 19.9. The molecule has 3 rings (SSSR count). The second-order valence-electron chi connectivity index (χ2n) is 9.71. The molecule has 0 radical (unpaired) electrons. The molecule has 10 heteroatoms. The Kier molecular flexibility index (Phi) is 7.15. The third-order valence-corrected chi connectivity index (χ3v) is 7.28. The number of sulfonamides is 1. The molecule has 34 heavy (non-hydrogen) atoms. The maximum absolute atomic E-state index is 15.6. The van der Waals surface area contributed by atoms with Gasteiger partial charge in [0.15, 0.2) is 0 Å². The van der Waals surface area contributed by atoms with Gasteiger partial charge in [-0.2, -0.15) is 0 Å². The molecular formula is C24H30F3N3O3S. The number of carbonyl (C=O) groups is 1. The summed E-state index contributed by atoms with van der Waals surface area (Å²) in [5, 5.41) is 0. The molecular weight excluding hydrogens is 467 g/mol. The normalized spacial score (nSPS) is 20.5. The van der Waals surface area contributed by atoms with Crippen LogP contribution in [-0.4, -0.2) is 54.5 Å². The van der Waals surface area contributed by atoms with Gasteiger partial charge in [-0.3, -0.25) is 9.78 Å². The van der Waals surface area contributed by atoms with Crippen LogP contribution in [-0.2, 0) is 21.2 Å². The predicted molar refractivity (Wildman–Crippen MR) is 124 cm³/mol. The Bertz CT molecular complexity index is 1180. The Morgan fingerprint density at radius 1 is 1.26 bits per heavy atom. The Hall–Kier alpha value is -2.46. The number of halogens is 3. The number of alkyl halides is 2. The fourth-order valence-corrected chi connectivity index (χ4v) is 4.95. The van der Waals surface area contributed by atoms with Crippen LogP contribution in [0.15, 0.2) is 36.5 Å². The maximum atomic E-state index is 15.6. The summed E-state index contributed by atoms with van der Waals surface area (Å²) < 4.78 is 72.3. The van der Waals surface area contributed by atoms with Gasteiger partial charge in [0.05, 0.1) is 24.0 Å². The number of carbonyl (C=O) groups excluding carboxylic acids is 1. The smallest absolute Gasteiger partial charge is 0.283 e. The number of hydrogen-bond acceptors (Lipinski definition) is 4. The summed E-state index contributed by atoms with van der Waals surface area (Å²) in [4.78, 5) is 18.2. The van der Waals surface area contributed by atoms with E-state index in [1.165, 1.54) is 13.0 Å². The Balaban J connectivity index is 2.07. The van der Waals surface area contributed by atoms with E-state index >= 15 is 13.2 Å². The van der Waals surface area contributed by atoms with E-state index in [1.807, 2.05) is 6.92 Å². The van der Waals surface area contributed by atoms with Crippen LogP contribution in [0.2, 0.25) is 0 Å². The lowest BCUT2D eigenvalue weighted by atomic mass is 9.92. The van der Waals surface area contributed by atoms with E-state index in [0.717, 1.165) is 10.5 Å². The summed E-state index contributed by atoms with van der Waals surface area (Å²) in [6.45, 7) is 7.01. The first-order chi connectivity index (χ1) is 15.7. The molecule has 1 aromatic heterocycles. The number of likely N-dealkylation sites (tertiary alicyclic amines) is 1. The van der Waals surface area contributed by atoms with Gasteiger partial charge < -0.3 is 4.90 Å². The van der Waals surface area contributed by atoms with Crippen LogP contribution in [0.3, 0.4) is 0 Å². The van der Waals surface area contributed by atoms with Gasteiger partial charge in [0.25, 0.3) is 5.92 Å². The molecule has 1 saturated heterocycles. The van der Waals surface area contributed by atoms with Gasteiger partial charge in [-0.05, 0) is 49.6 Å². The largest absolute Gasteiger partial charge is 0.331 e. The fourth-order valence-electron chi connectivity index (χ4n) is 4.07. The second-order valence-corrected chi connectivity index (χ2v) is 11.8. The highest BCUT2D eigenvalue weighted by Crippen LogP contribution is 2.38. The number of pyridine rings is 1. The first-order valence-electron chi connectivity index (χ1n) is 11.1. The first kappa shape index (κ1) is 26.2. The number of amides is 1. The van der Waals surface area contributed by atoms with Crippen LogP contribution < -0.4 is 4.72 Å². The average molecular weight is 498 g/mol. The summed E-state index contributed by atoms with van der Waals surface area (Å²) in [5.74, 6) is -5.13. The molecule has 1 fully saturated rings. The van der Waals surface area contributed by atoms with Gasteiger partial charge in [-0.1, -0.05) is 32.9 Å². The third kappa shape index (κ3) is 5.43. The van der Waals surface area contributed by atoms with Crippen molar-refractivity contribution in [2.45, 2.75) is 59.0 Å². The molecule has 0 bridgehead atoms. The van der Waals surface area contributed by atoms with E-state index in [9.17, 15) is 13.2 Å². The van der Waals surface area contributed by atoms with Crippen molar-refractivity contribution in [3.8, 4) is 11.3 Å². The van der Waals surface area contributed by atoms with Gasteiger partial charge in [-0.25, -0.2) is 26.3 Å². The minimum atomic E-state index is -4.02. The van der Waals surface area contributed by atoms with Crippen molar-refractivity contribution < 1.29 is 26.4 Å². The van der Waals surface area contributed by atoms with E-state index in [4.69, 9.17) is 0 Å². The van der Waals surface area contributed by atoms with Crippen LogP contribution in [0, 0.1) is 18.2 Å². The number of aryl methyl sites for hydroxylation is 1. The van der Waals surface area contributed by atoms with Crippen molar-refractivity contribution in [2.75, 3.05) is 12.3 Å². The lowest BCUT2D eigenvalue weighted by Gasteiger charge is -2.32. The van der Waals surface area contributed by atoms with E-state index in [1.54, 1.807) is 51.2 Å². The minimum absolute atomic E-state index is 0.0934. The van der Waals surface area contributed by atoms with E-state index in [-0.39, 0.29) is 17.5 Å². The highest BCUT2D eigenvalue weighted by atomic mass is 32.2. The van der Waals surface area contributed by atoms with Crippen LogP contribution in [0.1, 0.15) is 38.8 Å². The molecule has 1 amide bonds. The van der Waals surface area contributed by atoms with Gasteiger partial charge in [0.1, 0.15) is 11.9 Å². The van der Waals surface area contributed by atoms with Crippen LogP contribution in [0.25, 0.3) is 11.3 Å². The molecule has 1 aliphatic rings. The summed E-state index contributed by atoms with van der Waals surface area (Å²) >= 11 is 0. The van der Waals surface area contributed by atoms with Gasteiger partial charge in [0.2, 0.25) is 15.9 Å².